The molecule has 1 fully saturated rings. The fraction of sp³-hybridized carbons (Fsp3) is 0.500. The predicted octanol–water partition coefficient (Wildman–Crippen LogP) is 2.66. The molecule has 130 valence electrons. The number of sulfone groups is 1. The van der Waals surface area contributed by atoms with Crippen LogP contribution < -0.4 is 5.32 Å². The Hall–Kier alpha value is -1.66. The van der Waals surface area contributed by atoms with Crippen molar-refractivity contribution in [1.82, 2.24) is 14.9 Å². The van der Waals surface area contributed by atoms with E-state index in [2.05, 4.69) is 46.1 Å². The van der Waals surface area contributed by atoms with Crippen molar-refractivity contribution in [2.45, 2.75) is 32.7 Å². The molecular formula is C18H25N3O2S. The van der Waals surface area contributed by atoms with Crippen molar-refractivity contribution in [1.29, 1.82) is 0 Å². The Labute approximate surface area is 144 Å². The highest BCUT2D eigenvalue weighted by molar-refractivity contribution is 7.91. The van der Waals surface area contributed by atoms with Crippen LogP contribution >= 0.6 is 0 Å². The number of aryl methyl sites for hydroxylation is 1. The smallest absolute Gasteiger partial charge is 0.150 e. The van der Waals surface area contributed by atoms with E-state index in [-0.39, 0.29) is 6.04 Å². The zero-order chi connectivity index (χ0) is 17.2. The molecule has 1 saturated heterocycles. The fourth-order valence-corrected chi connectivity index (χ4v) is 4.77. The molecule has 1 aliphatic rings. The van der Waals surface area contributed by atoms with Gasteiger partial charge in [-0.25, -0.2) is 13.4 Å². The second-order valence-corrected chi connectivity index (χ2v) is 8.96. The maximum absolute atomic E-state index is 11.5. The molecule has 0 unspecified atom stereocenters. The molecule has 24 heavy (non-hydrogen) atoms. The minimum atomic E-state index is -2.77. The summed E-state index contributed by atoms with van der Waals surface area (Å²) in [5.41, 5.74) is 2.35. The average molecular weight is 347 g/mol. The molecule has 5 nitrogen and oxygen atoms in total. The van der Waals surface area contributed by atoms with Gasteiger partial charge in [-0.2, -0.15) is 0 Å². The maximum atomic E-state index is 11.5. The Balaban J connectivity index is 1.56. The van der Waals surface area contributed by atoms with Crippen molar-refractivity contribution < 1.29 is 8.42 Å². The molecule has 1 aromatic heterocycles. The second-order valence-electron chi connectivity index (χ2n) is 6.66. The predicted molar refractivity (Wildman–Crippen MR) is 96.1 cm³/mol. The summed E-state index contributed by atoms with van der Waals surface area (Å²) in [4.78, 5) is 4.25. The van der Waals surface area contributed by atoms with Gasteiger partial charge in [0.05, 0.1) is 11.5 Å². The van der Waals surface area contributed by atoms with E-state index in [4.69, 9.17) is 0 Å². The van der Waals surface area contributed by atoms with Crippen LogP contribution in [0.15, 0.2) is 36.7 Å². The highest BCUT2D eigenvalue weighted by atomic mass is 32.2. The molecule has 1 atom stereocenters. The molecular weight excluding hydrogens is 322 g/mol. The summed E-state index contributed by atoms with van der Waals surface area (Å²) in [6.45, 7) is 5.01. The van der Waals surface area contributed by atoms with Gasteiger partial charge < -0.3 is 9.88 Å². The van der Waals surface area contributed by atoms with E-state index in [0.29, 0.717) is 17.4 Å². The van der Waals surface area contributed by atoms with E-state index in [9.17, 15) is 8.42 Å². The number of nitrogens with one attached hydrogen (secondary N) is 1. The number of aromatic nitrogens is 2. The SMILES string of the molecule is Cc1nccn1-c1ccc([C@@H](C)NCC2CCS(=O)(=O)CC2)cc1. The Morgan fingerprint density at radius 3 is 2.50 bits per heavy atom. The molecule has 6 heteroatoms. The molecule has 0 aliphatic carbocycles. The molecule has 2 heterocycles. The van der Waals surface area contributed by atoms with Gasteiger partial charge in [0.15, 0.2) is 0 Å². The molecule has 0 spiro atoms. The van der Waals surface area contributed by atoms with Gasteiger partial charge in [0.2, 0.25) is 0 Å². The van der Waals surface area contributed by atoms with Gasteiger partial charge in [0.25, 0.3) is 0 Å². The Bertz CT molecular complexity index is 767. The molecule has 3 rings (SSSR count). The third kappa shape index (κ3) is 4.05. The molecule has 1 aliphatic heterocycles. The van der Waals surface area contributed by atoms with Gasteiger partial charge in [-0.05, 0) is 56.8 Å². The van der Waals surface area contributed by atoms with Crippen molar-refractivity contribution in [2.75, 3.05) is 18.1 Å². The Morgan fingerprint density at radius 2 is 1.92 bits per heavy atom. The van der Waals surface area contributed by atoms with Crippen molar-refractivity contribution in [3.8, 4) is 5.69 Å². The highest BCUT2D eigenvalue weighted by Crippen LogP contribution is 2.21. The van der Waals surface area contributed by atoms with Crippen LogP contribution in [0.4, 0.5) is 0 Å². The number of hydrogen-bond donors (Lipinski definition) is 1. The minimum Gasteiger partial charge on any atom is -0.310 e. The fourth-order valence-electron chi connectivity index (χ4n) is 3.18. The van der Waals surface area contributed by atoms with Crippen LogP contribution in [0.2, 0.25) is 0 Å². The first-order chi connectivity index (χ1) is 11.4. The van der Waals surface area contributed by atoms with E-state index >= 15 is 0 Å². The molecule has 0 saturated carbocycles. The topological polar surface area (TPSA) is 64.0 Å². The van der Waals surface area contributed by atoms with Gasteiger partial charge in [-0.15, -0.1) is 0 Å². The van der Waals surface area contributed by atoms with Crippen LogP contribution in [0.1, 0.15) is 37.2 Å². The van der Waals surface area contributed by atoms with E-state index in [1.165, 1.54) is 5.56 Å². The van der Waals surface area contributed by atoms with E-state index < -0.39 is 9.84 Å². The second kappa shape index (κ2) is 7.07. The summed E-state index contributed by atoms with van der Waals surface area (Å²) in [7, 11) is -2.77. The molecule has 1 N–H and O–H groups in total. The van der Waals surface area contributed by atoms with Crippen LogP contribution in [0.25, 0.3) is 5.69 Å². The quantitative estimate of drug-likeness (QED) is 0.903. The standard InChI is InChI=1S/C18H25N3O2S/c1-14(20-13-16-7-11-24(22,23)12-8-16)17-3-5-18(6-4-17)21-10-9-19-15(21)2/h3-6,9-10,14,16,20H,7-8,11-13H2,1-2H3/t14-/m1/s1. The minimum absolute atomic E-state index is 0.251. The molecule has 2 aromatic rings. The summed E-state index contributed by atoms with van der Waals surface area (Å²) in [6.07, 6.45) is 5.32. The van der Waals surface area contributed by atoms with Gasteiger partial charge in [0, 0.05) is 24.1 Å². The Kier molecular flexibility index (Phi) is 5.06. The van der Waals surface area contributed by atoms with Crippen molar-refractivity contribution in [3.63, 3.8) is 0 Å². The normalized spacial score (nSPS) is 19.2. The lowest BCUT2D eigenvalue weighted by atomic mass is 10.0. The van der Waals surface area contributed by atoms with Gasteiger partial charge in [-0.1, -0.05) is 12.1 Å². The first-order valence-electron chi connectivity index (χ1n) is 8.49. The summed E-state index contributed by atoms with van der Waals surface area (Å²) >= 11 is 0. The van der Waals surface area contributed by atoms with Crippen molar-refractivity contribution in [3.05, 3.63) is 48.0 Å². The number of benzene rings is 1. The van der Waals surface area contributed by atoms with Gasteiger partial charge in [0.1, 0.15) is 15.7 Å². The van der Waals surface area contributed by atoms with E-state index in [1.54, 1.807) is 6.20 Å². The lowest BCUT2D eigenvalue weighted by molar-refractivity contribution is 0.410. The summed E-state index contributed by atoms with van der Waals surface area (Å²) in [6, 6.07) is 8.74. The van der Waals surface area contributed by atoms with E-state index in [1.807, 2.05) is 13.1 Å². The van der Waals surface area contributed by atoms with Gasteiger partial charge >= 0.3 is 0 Å². The number of hydrogen-bond acceptors (Lipinski definition) is 4. The van der Waals surface area contributed by atoms with Crippen LogP contribution in [-0.2, 0) is 9.84 Å². The average Bonchev–Trinajstić information content (AvgIpc) is 3.00. The van der Waals surface area contributed by atoms with Crippen LogP contribution in [0.5, 0.6) is 0 Å². The van der Waals surface area contributed by atoms with Crippen molar-refractivity contribution >= 4 is 9.84 Å². The molecule has 0 amide bonds. The highest BCUT2D eigenvalue weighted by Gasteiger charge is 2.23. The Morgan fingerprint density at radius 1 is 1.25 bits per heavy atom. The monoisotopic (exact) mass is 347 g/mol. The lowest BCUT2D eigenvalue weighted by Gasteiger charge is -2.24. The van der Waals surface area contributed by atoms with E-state index in [0.717, 1.165) is 30.9 Å². The number of nitrogens with zero attached hydrogens (tertiary/aromatic N) is 2. The lowest BCUT2D eigenvalue weighted by Crippen LogP contribution is -2.32. The molecule has 0 bridgehead atoms. The van der Waals surface area contributed by atoms with Gasteiger partial charge in [-0.3, -0.25) is 0 Å². The zero-order valence-electron chi connectivity index (χ0n) is 14.3. The summed E-state index contributed by atoms with van der Waals surface area (Å²) in [5.74, 6) is 2.12. The third-order valence-electron chi connectivity index (χ3n) is 4.88. The van der Waals surface area contributed by atoms with Crippen molar-refractivity contribution in [2.24, 2.45) is 5.92 Å². The first kappa shape index (κ1) is 17.2. The van der Waals surface area contributed by atoms with Crippen LogP contribution in [-0.4, -0.2) is 36.0 Å². The maximum Gasteiger partial charge on any atom is 0.150 e. The van der Waals surface area contributed by atoms with Crippen LogP contribution in [0.3, 0.4) is 0 Å². The zero-order valence-corrected chi connectivity index (χ0v) is 15.1. The third-order valence-corrected chi connectivity index (χ3v) is 6.60. The molecule has 0 radical (unpaired) electrons. The summed E-state index contributed by atoms with van der Waals surface area (Å²) < 4.78 is 25.0. The van der Waals surface area contributed by atoms with Crippen LogP contribution in [0, 0.1) is 12.8 Å². The largest absolute Gasteiger partial charge is 0.310 e. The molecule has 1 aromatic carbocycles. The number of imidazole rings is 1. The first-order valence-corrected chi connectivity index (χ1v) is 10.3. The summed E-state index contributed by atoms with van der Waals surface area (Å²) in [5, 5.41) is 3.55. The number of rotatable bonds is 5.